The predicted octanol–water partition coefficient (Wildman–Crippen LogP) is 6.31. The van der Waals surface area contributed by atoms with Crippen LogP contribution in [0.5, 0.6) is 11.5 Å². The highest BCUT2D eigenvalue weighted by Crippen LogP contribution is 2.29. The van der Waals surface area contributed by atoms with Gasteiger partial charge in [-0.2, -0.15) is 0 Å². The third kappa shape index (κ3) is 6.84. The second-order valence-electron chi connectivity index (χ2n) is 7.46. The molecule has 0 saturated heterocycles. The SMILES string of the molecule is CCC(C)c1ccc(OC(COC)OCCOc2ccccc2-c2ccccc2)cc1. The number of benzene rings is 3. The van der Waals surface area contributed by atoms with Gasteiger partial charge in [-0.15, -0.1) is 0 Å². The molecule has 164 valence electrons. The molecule has 0 spiro atoms. The molecule has 3 rings (SSSR count). The molecule has 4 nitrogen and oxygen atoms in total. The van der Waals surface area contributed by atoms with Crippen LogP contribution in [-0.2, 0) is 9.47 Å². The monoisotopic (exact) mass is 420 g/mol. The van der Waals surface area contributed by atoms with Crippen LogP contribution in [0.1, 0.15) is 31.7 Å². The number of methoxy groups -OCH3 is 1. The van der Waals surface area contributed by atoms with Crippen LogP contribution in [0.2, 0.25) is 0 Å². The summed E-state index contributed by atoms with van der Waals surface area (Å²) >= 11 is 0. The Morgan fingerprint density at radius 2 is 1.52 bits per heavy atom. The first-order valence-corrected chi connectivity index (χ1v) is 10.9. The van der Waals surface area contributed by atoms with E-state index in [1.165, 1.54) is 5.56 Å². The van der Waals surface area contributed by atoms with Gasteiger partial charge in [0.1, 0.15) is 24.7 Å². The lowest BCUT2D eigenvalue weighted by Crippen LogP contribution is -2.28. The zero-order valence-electron chi connectivity index (χ0n) is 18.6. The van der Waals surface area contributed by atoms with Gasteiger partial charge in [-0.05, 0) is 41.7 Å². The quantitative estimate of drug-likeness (QED) is 0.254. The van der Waals surface area contributed by atoms with Crippen LogP contribution < -0.4 is 9.47 Å². The molecule has 0 heterocycles. The summed E-state index contributed by atoms with van der Waals surface area (Å²) in [6.07, 6.45) is 0.621. The molecule has 0 aromatic heterocycles. The molecule has 0 aliphatic rings. The van der Waals surface area contributed by atoms with E-state index in [4.69, 9.17) is 18.9 Å². The van der Waals surface area contributed by atoms with Gasteiger partial charge in [0.05, 0.1) is 6.61 Å². The molecule has 0 aliphatic heterocycles. The van der Waals surface area contributed by atoms with E-state index in [2.05, 4.69) is 44.2 Å². The fraction of sp³-hybridized carbons (Fsp3) is 0.333. The van der Waals surface area contributed by atoms with Crippen molar-refractivity contribution in [3.63, 3.8) is 0 Å². The molecule has 2 atom stereocenters. The molecule has 2 unspecified atom stereocenters. The minimum atomic E-state index is -0.493. The summed E-state index contributed by atoms with van der Waals surface area (Å²) < 4.78 is 23.1. The Morgan fingerprint density at radius 1 is 0.806 bits per heavy atom. The first kappa shape index (κ1) is 22.9. The number of hydrogen-bond donors (Lipinski definition) is 0. The van der Waals surface area contributed by atoms with E-state index in [0.29, 0.717) is 25.7 Å². The molecule has 3 aromatic rings. The molecule has 4 heteroatoms. The van der Waals surface area contributed by atoms with Gasteiger partial charge in [-0.1, -0.05) is 74.5 Å². The van der Waals surface area contributed by atoms with Crippen molar-refractivity contribution in [2.24, 2.45) is 0 Å². The summed E-state index contributed by atoms with van der Waals surface area (Å²) in [7, 11) is 1.64. The zero-order valence-corrected chi connectivity index (χ0v) is 18.6. The summed E-state index contributed by atoms with van der Waals surface area (Å²) in [5.74, 6) is 2.14. The van der Waals surface area contributed by atoms with Gasteiger partial charge in [-0.3, -0.25) is 0 Å². The summed E-state index contributed by atoms with van der Waals surface area (Å²) in [6, 6.07) is 26.4. The minimum Gasteiger partial charge on any atom is -0.491 e. The topological polar surface area (TPSA) is 36.9 Å². The maximum Gasteiger partial charge on any atom is 0.223 e. The second-order valence-corrected chi connectivity index (χ2v) is 7.46. The second kappa shape index (κ2) is 12.1. The Balaban J connectivity index is 1.52. The lowest BCUT2D eigenvalue weighted by molar-refractivity contribution is -0.119. The Kier molecular flexibility index (Phi) is 8.95. The molecule has 0 N–H and O–H groups in total. The van der Waals surface area contributed by atoms with Crippen molar-refractivity contribution >= 4 is 0 Å². The van der Waals surface area contributed by atoms with Crippen molar-refractivity contribution in [3.05, 3.63) is 84.4 Å². The van der Waals surface area contributed by atoms with Crippen LogP contribution in [0.25, 0.3) is 11.1 Å². The van der Waals surface area contributed by atoms with Gasteiger partial charge in [0.15, 0.2) is 0 Å². The lowest BCUT2D eigenvalue weighted by atomic mass is 9.99. The maximum atomic E-state index is 6.00. The van der Waals surface area contributed by atoms with E-state index in [9.17, 15) is 0 Å². The smallest absolute Gasteiger partial charge is 0.223 e. The van der Waals surface area contributed by atoms with Gasteiger partial charge in [0.2, 0.25) is 6.29 Å². The van der Waals surface area contributed by atoms with Crippen molar-refractivity contribution in [1.82, 2.24) is 0 Å². The lowest BCUT2D eigenvalue weighted by Gasteiger charge is -2.20. The summed E-state index contributed by atoms with van der Waals surface area (Å²) in [6.45, 7) is 5.57. The molecule has 0 fully saturated rings. The standard InChI is InChI=1S/C27H32O4/c1-4-21(2)22-14-16-24(17-15-22)31-27(20-28-3)30-19-18-29-26-13-9-8-12-25(26)23-10-6-5-7-11-23/h5-17,21,27H,4,18-20H2,1-3H3. The van der Waals surface area contributed by atoms with Gasteiger partial charge in [0, 0.05) is 12.7 Å². The van der Waals surface area contributed by atoms with Crippen LogP contribution in [0.15, 0.2) is 78.9 Å². The number of hydrogen-bond acceptors (Lipinski definition) is 4. The van der Waals surface area contributed by atoms with Gasteiger partial charge in [-0.25, -0.2) is 0 Å². The first-order valence-electron chi connectivity index (χ1n) is 10.9. The zero-order chi connectivity index (χ0) is 21.9. The Labute approximate surface area is 185 Å². The number of rotatable bonds is 12. The molecule has 31 heavy (non-hydrogen) atoms. The van der Waals surface area contributed by atoms with Crippen LogP contribution >= 0.6 is 0 Å². The van der Waals surface area contributed by atoms with Crippen LogP contribution in [0.4, 0.5) is 0 Å². The molecule has 3 aromatic carbocycles. The van der Waals surface area contributed by atoms with E-state index >= 15 is 0 Å². The molecule has 0 radical (unpaired) electrons. The van der Waals surface area contributed by atoms with E-state index in [1.807, 2.05) is 48.5 Å². The van der Waals surface area contributed by atoms with Crippen molar-refractivity contribution in [2.75, 3.05) is 26.9 Å². The number of para-hydroxylation sites is 1. The Hall–Kier alpha value is -2.82. The van der Waals surface area contributed by atoms with Gasteiger partial charge < -0.3 is 18.9 Å². The third-order valence-electron chi connectivity index (χ3n) is 5.25. The van der Waals surface area contributed by atoms with Gasteiger partial charge in [0.25, 0.3) is 0 Å². The average Bonchev–Trinajstić information content (AvgIpc) is 2.82. The fourth-order valence-corrected chi connectivity index (χ4v) is 3.29. The summed E-state index contributed by atoms with van der Waals surface area (Å²) in [5, 5.41) is 0. The maximum absolute atomic E-state index is 6.00. The van der Waals surface area contributed by atoms with E-state index in [-0.39, 0.29) is 0 Å². The highest BCUT2D eigenvalue weighted by molar-refractivity contribution is 5.70. The highest BCUT2D eigenvalue weighted by atomic mass is 16.7. The molecule has 0 aliphatic carbocycles. The van der Waals surface area contributed by atoms with E-state index < -0.39 is 6.29 Å². The molecule has 0 bridgehead atoms. The van der Waals surface area contributed by atoms with Crippen molar-refractivity contribution in [3.8, 4) is 22.6 Å². The highest BCUT2D eigenvalue weighted by Gasteiger charge is 2.12. The fourth-order valence-electron chi connectivity index (χ4n) is 3.29. The van der Waals surface area contributed by atoms with Crippen LogP contribution in [0.3, 0.4) is 0 Å². The largest absolute Gasteiger partial charge is 0.491 e. The Morgan fingerprint density at radius 3 is 2.23 bits per heavy atom. The molecule has 0 amide bonds. The summed E-state index contributed by atoms with van der Waals surface area (Å²) in [5.41, 5.74) is 3.50. The van der Waals surface area contributed by atoms with Crippen molar-refractivity contribution < 1.29 is 18.9 Å². The first-order chi connectivity index (χ1) is 15.2. The Bertz CT molecular complexity index is 893. The molecule has 0 saturated carbocycles. The van der Waals surface area contributed by atoms with Crippen molar-refractivity contribution in [1.29, 1.82) is 0 Å². The van der Waals surface area contributed by atoms with Crippen molar-refractivity contribution in [2.45, 2.75) is 32.5 Å². The van der Waals surface area contributed by atoms with E-state index in [1.54, 1.807) is 7.11 Å². The average molecular weight is 421 g/mol. The third-order valence-corrected chi connectivity index (χ3v) is 5.25. The van der Waals surface area contributed by atoms with Crippen LogP contribution in [-0.4, -0.2) is 33.2 Å². The normalized spacial score (nSPS) is 12.9. The van der Waals surface area contributed by atoms with Crippen LogP contribution in [0, 0.1) is 0 Å². The molecular formula is C27H32O4. The predicted molar refractivity (Wildman–Crippen MR) is 125 cm³/mol. The minimum absolute atomic E-state index is 0.341. The number of ether oxygens (including phenoxy) is 4. The van der Waals surface area contributed by atoms with E-state index in [0.717, 1.165) is 29.0 Å². The van der Waals surface area contributed by atoms with Gasteiger partial charge >= 0.3 is 0 Å². The summed E-state index contributed by atoms with van der Waals surface area (Å²) in [4.78, 5) is 0. The molecular weight excluding hydrogens is 388 g/mol.